The van der Waals surface area contributed by atoms with Gasteiger partial charge < -0.3 is 10.1 Å². The van der Waals surface area contributed by atoms with Crippen LogP contribution in [0.1, 0.15) is 16.1 Å². The van der Waals surface area contributed by atoms with E-state index in [4.69, 9.17) is 16.3 Å². The van der Waals surface area contributed by atoms with Crippen LogP contribution in [-0.2, 0) is 4.74 Å². The predicted octanol–water partition coefficient (Wildman–Crippen LogP) is 3.28. The number of hydrogen-bond donors (Lipinski definition) is 1. The lowest BCUT2D eigenvalue weighted by Crippen LogP contribution is -2.26. The van der Waals surface area contributed by atoms with Gasteiger partial charge in [0, 0.05) is 24.8 Å². The third-order valence-corrected chi connectivity index (χ3v) is 4.79. The maximum atomic E-state index is 12.5. The van der Waals surface area contributed by atoms with E-state index in [0.717, 1.165) is 22.3 Å². The van der Waals surface area contributed by atoms with Crippen LogP contribution in [0.4, 0.5) is 0 Å². The number of rotatable bonds is 5. The van der Waals surface area contributed by atoms with Gasteiger partial charge in [0.15, 0.2) is 11.5 Å². The summed E-state index contributed by atoms with van der Waals surface area (Å²) in [5.41, 5.74) is 4.13. The molecule has 0 saturated heterocycles. The minimum atomic E-state index is -0.181. The first kappa shape index (κ1) is 18.3. The summed E-state index contributed by atoms with van der Waals surface area (Å²) < 4.78 is 6.87. The molecule has 0 atom stereocenters. The van der Waals surface area contributed by atoms with Crippen molar-refractivity contribution in [2.75, 3.05) is 20.3 Å². The van der Waals surface area contributed by atoms with Crippen LogP contribution in [0.25, 0.3) is 28.1 Å². The molecule has 142 valence electrons. The molecule has 0 bridgehead atoms. The first-order valence-electron chi connectivity index (χ1n) is 8.77. The van der Waals surface area contributed by atoms with Gasteiger partial charge in [-0.25, -0.2) is 4.98 Å². The highest BCUT2D eigenvalue weighted by molar-refractivity contribution is 6.33. The molecule has 1 amide bonds. The maximum absolute atomic E-state index is 12.5. The first-order chi connectivity index (χ1) is 13.6. The molecule has 2 aromatic heterocycles. The molecular weight excluding hydrogens is 378 g/mol. The number of carbonyl (C=O) groups excluding carboxylic acids is 1. The zero-order valence-electron chi connectivity index (χ0n) is 15.4. The number of nitrogens with zero attached hydrogens (tertiary/aromatic N) is 4. The van der Waals surface area contributed by atoms with Gasteiger partial charge in [-0.1, -0.05) is 23.7 Å². The Morgan fingerprint density at radius 1 is 1.21 bits per heavy atom. The lowest BCUT2D eigenvalue weighted by atomic mass is 10.1. The molecule has 0 aliphatic rings. The fraction of sp³-hybridized carbons (Fsp3) is 0.200. The van der Waals surface area contributed by atoms with Crippen molar-refractivity contribution >= 4 is 34.2 Å². The molecule has 2 heterocycles. The summed E-state index contributed by atoms with van der Waals surface area (Å²) in [5, 5.41) is 12.0. The standard InChI is InChI=1S/C20H18ClN5O2/c1-12-18-24-25-19(14-5-3-4-6-15(14)21)26(18)17-11-13(7-8-16(17)23-12)20(27)22-9-10-28-2/h3-8,11H,9-10H2,1-2H3,(H,22,27). The van der Waals surface area contributed by atoms with Gasteiger partial charge in [-0.05, 0) is 37.3 Å². The maximum Gasteiger partial charge on any atom is 0.251 e. The predicted molar refractivity (Wildman–Crippen MR) is 108 cm³/mol. The molecule has 0 spiro atoms. The Balaban J connectivity index is 1.91. The van der Waals surface area contributed by atoms with Crippen LogP contribution in [0.5, 0.6) is 0 Å². The Bertz CT molecular complexity index is 1190. The summed E-state index contributed by atoms with van der Waals surface area (Å²) in [6, 6.07) is 12.8. The van der Waals surface area contributed by atoms with E-state index in [1.54, 1.807) is 19.2 Å². The average Bonchev–Trinajstić information content (AvgIpc) is 3.14. The van der Waals surface area contributed by atoms with Crippen molar-refractivity contribution in [3.05, 3.63) is 58.7 Å². The van der Waals surface area contributed by atoms with E-state index in [1.807, 2.05) is 41.7 Å². The van der Waals surface area contributed by atoms with Crippen molar-refractivity contribution in [2.24, 2.45) is 0 Å². The second kappa shape index (κ2) is 7.53. The van der Waals surface area contributed by atoms with Crippen LogP contribution in [0.2, 0.25) is 5.02 Å². The molecule has 0 aliphatic heterocycles. The molecule has 0 saturated carbocycles. The Morgan fingerprint density at radius 2 is 2.04 bits per heavy atom. The van der Waals surface area contributed by atoms with Crippen LogP contribution in [0, 0.1) is 6.92 Å². The van der Waals surface area contributed by atoms with Crippen molar-refractivity contribution < 1.29 is 9.53 Å². The molecule has 4 aromatic rings. The van der Waals surface area contributed by atoms with Gasteiger partial charge in [0.05, 0.1) is 28.4 Å². The second-order valence-electron chi connectivity index (χ2n) is 6.31. The molecule has 7 nitrogen and oxygen atoms in total. The Kier molecular flexibility index (Phi) is 4.93. The summed E-state index contributed by atoms with van der Waals surface area (Å²) in [7, 11) is 1.59. The number of benzene rings is 2. The third kappa shape index (κ3) is 3.19. The molecule has 8 heteroatoms. The summed E-state index contributed by atoms with van der Waals surface area (Å²) in [4.78, 5) is 17.1. The summed E-state index contributed by atoms with van der Waals surface area (Å²) in [6.45, 7) is 2.77. The topological polar surface area (TPSA) is 81.4 Å². The number of aryl methyl sites for hydroxylation is 1. The number of halogens is 1. The van der Waals surface area contributed by atoms with Gasteiger partial charge in [-0.3, -0.25) is 9.20 Å². The van der Waals surface area contributed by atoms with E-state index in [9.17, 15) is 4.79 Å². The average molecular weight is 396 g/mol. The lowest BCUT2D eigenvalue weighted by molar-refractivity contribution is 0.0937. The SMILES string of the molecule is COCCNC(=O)c1ccc2nc(C)c3nnc(-c4ccccc4Cl)n3c2c1. The molecule has 2 aromatic carbocycles. The number of ether oxygens (including phenoxy) is 1. The van der Waals surface area contributed by atoms with Crippen LogP contribution < -0.4 is 5.32 Å². The molecule has 28 heavy (non-hydrogen) atoms. The van der Waals surface area contributed by atoms with E-state index in [2.05, 4.69) is 20.5 Å². The number of hydrogen-bond acceptors (Lipinski definition) is 5. The van der Waals surface area contributed by atoms with Crippen molar-refractivity contribution in [3.63, 3.8) is 0 Å². The minimum absolute atomic E-state index is 0.181. The number of nitrogens with one attached hydrogen (secondary N) is 1. The number of carbonyl (C=O) groups is 1. The van der Waals surface area contributed by atoms with Gasteiger partial charge in [0.25, 0.3) is 5.91 Å². The van der Waals surface area contributed by atoms with Crippen LogP contribution in [0.15, 0.2) is 42.5 Å². The molecule has 0 aliphatic carbocycles. The largest absolute Gasteiger partial charge is 0.383 e. The van der Waals surface area contributed by atoms with E-state index < -0.39 is 0 Å². The van der Waals surface area contributed by atoms with Gasteiger partial charge in [0.2, 0.25) is 0 Å². The highest BCUT2D eigenvalue weighted by Gasteiger charge is 2.17. The highest BCUT2D eigenvalue weighted by Crippen LogP contribution is 2.29. The highest BCUT2D eigenvalue weighted by atomic mass is 35.5. The fourth-order valence-corrected chi connectivity index (χ4v) is 3.32. The fourth-order valence-electron chi connectivity index (χ4n) is 3.10. The first-order valence-corrected chi connectivity index (χ1v) is 9.15. The van der Waals surface area contributed by atoms with E-state index in [1.165, 1.54) is 0 Å². The van der Waals surface area contributed by atoms with Crippen molar-refractivity contribution in [3.8, 4) is 11.4 Å². The molecule has 0 unspecified atom stereocenters. The Hall–Kier alpha value is -3.03. The quantitative estimate of drug-likeness (QED) is 0.524. The minimum Gasteiger partial charge on any atom is -0.383 e. The Morgan fingerprint density at radius 3 is 2.82 bits per heavy atom. The van der Waals surface area contributed by atoms with Crippen molar-refractivity contribution in [2.45, 2.75) is 6.92 Å². The van der Waals surface area contributed by atoms with Crippen LogP contribution in [-0.4, -0.2) is 45.8 Å². The second-order valence-corrected chi connectivity index (χ2v) is 6.72. The van der Waals surface area contributed by atoms with Gasteiger partial charge in [-0.2, -0.15) is 0 Å². The van der Waals surface area contributed by atoms with Crippen LogP contribution in [0.3, 0.4) is 0 Å². The Labute approximate surface area is 166 Å². The van der Waals surface area contributed by atoms with Crippen molar-refractivity contribution in [1.82, 2.24) is 24.9 Å². The van der Waals surface area contributed by atoms with Crippen molar-refractivity contribution in [1.29, 1.82) is 0 Å². The smallest absolute Gasteiger partial charge is 0.251 e. The molecule has 0 fully saturated rings. The number of methoxy groups -OCH3 is 1. The van der Waals surface area contributed by atoms with E-state index in [-0.39, 0.29) is 5.91 Å². The van der Waals surface area contributed by atoms with E-state index >= 15 is 0 Å². The molecule has 4 rings (SSSR count). The number of fused-ring (bicyclic) bond motifs is 3. The molecular formula is C20H18ClN5O2. The van der Waals surface area contributed by atoms with E-state index in [0.29, 0.717) is 35.2 Å². The lowest BCUT2D eigenvalue weighted by Gasteiger charge is -2.10. The zero-order valence-corrected chi connectivity index (χ0v) is 16.2. The number of aromatic nitrogens is 4. The van der Waals surface area contributed by atoms with Crippen LogP contribution >= 0.6 is 11.6 Å². The third-order valence-electron chi connectivity index (χ3n) is 4.46. The zero-order chi connectivity index (χ0) is 19.7. The van der Waals surface area contributed by atoms with Gasteiger partial charge >= 0.3 is 0 Å². The normalized spacial score (nSPS) is 11.2. The molecule has 0 radical (unpaired) electrons. The summed E-state index contributed by atoms with van der Waals surface area (Å²) in [5.74, 6) is 0.424. The number of amides is 1. The summed E-state index contributed by atoms with van der Waals surface area (Å²) in [6.07, 6.45) is 0. The van der Waals surface area contributed by atoms with Gasteiger partial charge in [-0.15, -0.1) is 10.2 Å². The summed E-state index contributed by atoms with van der Waals surface area (Å²) >= 11 is 6.39. The monoisotopic (exact) mass is 395 g/mol. The van der Waals surface area contributed by atoms with Gasteiger partial charge in [0.1, 0.15) is 0 Å². The molecule has 1 N–H and O–H groups in total.